The van der Waals surface area contributed by atoms with Crippen LogP contribution in [0.2, 0.25) is 0 Å². The molecule has 0 fully saturated rings. The normalized spacial score (nSPS) is 16.7. The molecule has 0 radical (unpaired) electrons. The number of fused-ring (bicyclic) bond motifs is 1. The summed E-state index contributed by atoms with van der Waals surface area (Å²) in [6, 6.07) is 24.5. The van der Waals surface area contributed by atoms with Crippen LogP contribution in [0, 0.1) is 6.92 Å². The molecular weight excluding hydrogens is 440 g/mol. The monoisotopic (exact) mass is 474 g/mol. The zero-order chi connectivity index (χ0) is 24.0. The summed E-state index contributed by atoms with van der Waals surface area (Å²) in [6.45, 7) is 4.80. The number of amidine groups is 1. The Morgan fingerprint density at radius 1 is 0.794 bits per heavy atom. The molecule has 1 aliphatic heterocycles. The van der Waals surface area contributed by atoms with E-state index in [1.807, 2.05) is 73.7 Å². The average Bonchev–Trinajstić information content (AvgIpc) is 3.19. The number of unbranched alkanes of at least 4 members (excludes halogenated alkanes) is 5. The molecule has 0 bridgehead atoms. The van der Waals surface area contributed by atoms with Gasteiger partial charge in [-0.25, -0.2) is 12.7 Å². The molecule has 0 aliphatic carbocycles. The number of aryl methyl sites for hydroxylation is 1. The van der Waals surface area contributed by atoms with Crippen molar-refractivity contribution < 1.29 is 8.42 Å². The average molecular weight is 475 g/mol. The first-order valence-corrected chi connectivity index (χ1v) is 13.8. The lowest BCUT2D eigenvalue weighted by Crippen LogP contribution is -2.36. The van der Waals surface area contributed by atoms with Crippen molar-refractivity contribution >= 4 is 15.9 Å². The van der Waals surface area contributed by atoms with E-state index in [1.165, 1.54) is 25.7 Å². The molecule has 1 atom stereocenters. The Kier molecular flexibility index (Phi) is 7.84. The first kappa shape index (κ1) is 24.2. The van der Waals surface area contributed by atoms with Crippen molar-refractivity contribution in [2.45, 2.75) is 63.3 Å². The SMILES string of the molecule is CCCCCCCCN=C1c2ccccc2C(c2ccccc2)N1S(=O)(=O)c1ccc(C)cc1. The van der Waals surface area contributed by atoms with Crippen molar-refractivity contribution in [1.29, 1.82) is 0 Å². The molecule has 4 rings (SSSR count). The molecule has 0 aromatic heterocycles. The summed E-state index contributed by atoms with van der Waals surface area (Å²) in [7, 11) is -3.82. The van der Waals surface area contributed by atoms with E-state index in [4.69, 9.17) is 4.99 Å². The molecule has 4 nitrogen and oxygen atoms in total. The predicted octanol–water partition coefficient (Wildman–Crippen LogP) is 6.90. The number of benzene rings is 3. The van der Waals surface area contributed by atoms with Gasteiger partial charge < -0.3 is 0 Å². The zero-order valence-electron chi connectivity index (χ0n) is 20.2. The van der Waals surface area contributed by atoms with Crippen molar-refractivity contribution in [3.63, 3.8) is 0 Å². The van der Waals surface area contributed by atoms with Crippen LogP contribution in [0.3, 0.4) is 0 Å². The fourth-order valence-corrected chi connectivity index (χ4v) is 6.17. The molecule has 3 aromatic carbocycles. The van der Waals surface area contributed by atoms with Gasteiger partial charge in [0.2, 0.25) is 0 Å². The highest BCUT2D eigenvalue weighted by molar-refractivity contribution is 7.89. The van der Waals surface area contributed by atoms with E-state index in [1.54, 1.807) is 16.4 Å². The summed E-state index contributed by atoms with van der Waals surface area (Å²) in [4.78, 5) is 5.20. The van der Waals surface area contributed by atoms with Crippen molar-refractivity contribution in [1.82, 2.24) is 4.31 Å². The van der Waals surface area contributed by atoms with Gasteiger partial charge in [-0.2, -0.15) is 0 Å². The molecule has 1 aliphatic rings. The van der Waals surface area contributed by atoms with Crippen molar-refractivity contribution in [3.8, 4) is 0 Å². The lowest BCUT2D eigenvalue weighted by atomic mass is 9.98. The largest absolute Gasteiger partial charge is 0.267 e. The second-order valence-electron chi connectivity index (χ2n) is 8.99. The standard InChI is InChI=1S/C29H34N2O2S/c1-3-4-5-6-7-13-22-30-29-27-17-12-11-16-26(27)28(24-14-9-8-10-15-24)31(29)34(32,33)25-20-18-23(2)19-21-25/h8-12,14-21,28H,3-7,13,22H2,1-2H3. The molecule has 0 saturated carbocycles. The maximum Gasteiger partial charge on any atom is 0.266 e. The van der Waals surface area contributed by atoms with Crippen LogP contribution in [-0.4, -0.2) is 25.1 Å². The molecule has 0 saturated heterocycles. The third kappa shape index (κ3) is 5.10. The van der Waals surface area contributed by atoms with Crippen LogP contribution >= 0.6 is 0 Å². The van der Waals surface area contributed by atoms with Gasteiger partial charge in [0.1, 0.15) is 5.84 Å². The van der Waals surface area contributed by atoms with Gasteiger partial charge in [0.15, 0.2) is 0 Å². The van der Waals surface area contributed by atoms with Crippen LogP contribution in [-0.2, 0) is 10.0 Å². The number of hydrogen-bond acceptors (Lipinski definition) is 3. The molecule has 5 heteroatoms. The minimum Gasteiger partial charge on any atom is -0.267 e. The fourth-order valence-electron chi connectivity index (χ4n) is 4.57. The Morgan fingerprint density at radius 3 is 2.18 bits per heavy atom. The maximum atomic E-state index is 14.1. The predicted molar refractivity (Wildman–Crippen MR) is 140 cm³/mol. The molecule has 3 aromatic rings. The highest BCUT2D eigenvalue weighted by atomic mass is 32.2. The number of sulfonamides is 1. The van der Waals surface area contributed by atoms with Crippen LogP contribution in [0.25, 0.3) is 0 Å². The van der Waals surface area contributed by atoms with Gasteiger partial charge in [0, 0.05) is 12.1 Å². The summed E-state index contributed by atoms with van der Waals surface area (Å²) < 4.78 is 29.7. The molecule has 34 heavy (non-hydrogen) atoms. The summed E-state index contributed by atoms with van der Waals surface area (Å²) in [6.07, 6.45) is 7.03. The zero-order valence-corrected chi connectivity index (χ0v) is 21.0. The van der Waals surface area contributed by atoms with Crippen molar-refractivity contribution in [2.24, 2.45) is 4.99 Å². The van der Waals surface area contributed by atoms with Crippen LogP contribution in [0.5, 0.6) is 0 Å². The lowest BCUT2D eigenvalue weighted by Gasteiger charge is -2.27. The van der Waals surface area contributed by atoms with Crippen LogP contribution in [0.15, 0.2) is 88.8 Å². The van der Waals surface area contributed by atoms with E-state index in [9.17, 15) is 8.42 Å². The van der Waals surface area contributed by atoms with E-state index >= 15 is 0 Å². The minimum absolute atomic E-state index is 0.291. The van der Waals surface area contributed by atoms with Gasteiger partial charge in [-0.3, -0.25) is 4.99 Å². The van der Waals surface area contributed by atoms with Gasteiger partial charge in [-0.05, 0) is 36.6 Å². The summed E-state index contributed by atoms with van der Waals surface area (Å²) in [5, 5.41) is 0. The van der Waals surface area contributed by atoms with E-state index in [0.717, 1.165) is 35.1 Å². The lowest BCUT2D eigenvalue weighted by molar-refractivity contribution is 0.491. The molecule has 1 unspecified atom stereocenters. The van der Waals surface area contributed by atoms with E-state index in [2.05, 4.69) is 6.92 Å². The third-order valence-electron chi connectivity index (χ3n) is 6.41. The van der Waals surface area contributed by atoms with Crippen molar-refractivity contribution in [2.75, 3.05) is 6.54 Å². The first-order valence-electron chi connectivity index (χ1n) is 12.3. The van der Waals surface area contributed by atoms with Crippen LogP contribution in [0.4, 0.5) is 0 Å². The highest BCUT2D eigenvalue weighted by Gasteiger charge is 2.43. The Bertz CT molecular complexity index is 1220. The molecular formula is C29H34N2O2S. The van der Waals surface area contributed by atoms with Crippen LogP contribution < -0.4 is 0 Å². The Hall–Kier alpha value is -2.92. The molecule has 0 N–H and O–H groups in total. The third-order valence-corrected chi connectivity index (χ3v) is 8.18. The molecule has 0 amide bonds. The highest BCUT2D eigenvalue weighted by Crippen LogP contribution is 2.42. The van der Waals surface area contributed by atoms with Gasteiger partial charge >= 0.3 is 0 Å². The minimum atomic E-state index is -3.82. The van der Waals surface area contributed by atoms with Gasteiger partial charge in [0.25, 0.3) is 10.0 Å². The number of hydrogen-bond donors (Lipinski definition) is 0. The number of aliphatic imine (C=N–C) groups is 1. The second kappa shape index (κ2) is 11.0. The summed E-state index contributed by atoms with van der Waals surface area (Å²) >= 11 is 0. The van der Waals surface area contributed by atoms with Crippen LogP contribution in [0.1, 0.15) is 73.7 Å². The van der Waals surface area contributed by atoms with Gasteiger partial charge in [-0.15, -0.1) is 0 Å². The van der Waals surface area contributed by atoms with E-state index < -0.39 is 16.1 Å². The van der Waals surface area contributed by atoms with E-state index in [0.29, 0.717) is 17.3 Å². The molecule has 0 spiro atoms. The Morgan fingerprint density at radius 2 is 1.44 bits per heavy atom. The smallest absolute Gasteiger partial charge is 0.266 e. The summed E-state index contributed by atoms with van der Waals surface area (Å²) in [5.74, 6) is 0.554. The Labute approximate surface area is 204 Å². The fraction of sp³-hybridized carbons (Fsp3) is 0.345. The second-order valence-corrected chi connectivity index (χ2v) is 10.8. The van der Waals surface area contributed by atoms with Gasteiger partial charge in [-0.1, -0.05) is 111 Å². The maximum absolute atomic E-state index is 14.1. The molecule has 1 heterocycles. The van der Waals surface area contributed by atoms with E-state index in [-0.39, 0.29) is 0 Å². The summed E-state index contributed by atoms with van der Waals surface area (Å²) in [5.41, 5.74) is 3.85. The first-order chi connectivity index (χ1) is 16.5. The Balaban J connectivity index is 1.74. The number of nitrogens with zero attached hydrogens (tertiary/aromatic N) is 2. The van der Waals surface area contributed by atoms with Crippen molar-refractivity contribution in [3.05, 3.63) is 101 Å². The quantitative estimate of drug-likeness (QED) is 0.300. The van der Waals surface area contributed by atoms with Gasteiger partial charge in [0.05, 0.1) is 10.9 Å². The topological polar surface area (TPSA) is 49.7 Å². The number of rotatable bonds is 10. The molecule has 178 valence electrons.